The van der Waals surface area contributed by atoms with Crippen molar-refractivity contribution in [1.82, 2.24) is 0 Å². The van der Waals surface area contributed by atoms with E-state index in [0.29, 0.717) is 12.1 Å². The predicted molar refractivity (Wildman–Crippen MR) is 73.2 cm³/mol. The molecule has 0 atom stereocenters. The van der Waals surface area contributed by atoms with E-state index >= 15 is 0 Å². The van der Waals surface area contributed by atoms with E-state index < -0.39 is 10.0 Å². The van der Waals surface area contributed by atoms with E-state index in [1.165, 1.54) is 12.1 Å². The Morgan fingerprint density at radius 1 is 1.29 bits per heavy atom. The van der Waals surface area contributed by atoms with Crippen molar-refractivity contribution in [3.05, 3.63) is 22.2 Å². The van der Waals surface area contributed by atoms with Crippen LogP contribution in [0.2, 0.25) is 10.0 Å². The largest absolute Gasteiger partial charge is 0.399 e. The maximum atomic E-state index is 11.7. The van der Waals surface area contributed by atoms with Crippen molar-refractivity contribution in [3.8, 4) is 0 Å². The first-order chi connectivity index (χ1) is 7.85. The second kappa shape index (κ2) is 5.80. The monoisotopic (exact) mass is 296 g/mol. The molecule has 1 aromatic rings. The van der Waals surface area contributed by atoms with E-state index in [2.05, 4.69) is 4.72 Å². The normalized spacial score (nSPS) is 11.5. The number of halogens is 2. The number of nitrogens with two attached hydrogens (primary N) is 1. The van der Waals surface area contributed by atoms with Gasteiger partial charge in [0.25, 0.3) is 0 Å². The number of unbranched alkanes of at least 4 members (excludes halogenated alkanes) is 1. The maximum absolute atomic E-state index is 11.7. The third kappa shape index (κ3) is 4.26. The third-order valence-corrected chi connectivity index (χ3v) is 4.03. The molecule has 1 rings (SSSR count). The minimum atomic E-state index is -3.41. The summed E-state index contributed by atoms with van der Waals surface area (Å²) in [5.41, 5.74) is 6.09. The third-order valence-electron chi connectivity index (χ3n) is 2.09. The molecule has 0 saturated carbocycles. The molecule has 0 aliphatic carbocycles. The summed E-state index contributed by atoms with van der Waals surface area (Å²) in [7, 11) is -3.41. The van der Waals surface area contributed by atoms with Gasteiger partial charge in [0, 0.05) is 5.69 Å². The van der Waals surface area contributed by atoms with E-state index in [1.807, 2.05) is 6.92 Å². The molecule has 0 spiro atoms. The molecule has 0 aliphatic heterocycles. The van der Waals surface area contributed by atoms with E-state index in [0.717, 1.165) is 6.42 Å². The smallest absolute Gasteiger partial charge is 0.232 e. The summed E-state index contributed by atoms with van der Waals surface area (Å²) in [6.07, 6.45) is 1.38. The summed E-state index contributed by atoms with van der Waals surface area (Å²) in [6.45, 7) is 1.92. The Morgan fingerprint density at radius 3 is 2.29 bits per heavy atom. The van der Waals surface area contributed by atoms with Gasteiger partial charge in [-0.2, -0.15) is 0 Å². The van der Waals surface area contributed by atoms with E-state index in [4.69, 9.17) is 28.9 Å². The number of benzene rings is 1. The predicted octanol–water partition coefficient (Wildman–Crippen LogP) is 3.12. The van der Waals surface area contributed by atoms with Gasteiger partial charge < -0.3 is 5.73 Å². The van der Waals surface area contributed by atoms with Gasteiger partial charge in [0.15, 0.2) is 0 Å². The van der Waals surface area contributed by atoms with Crippen LogP contribution >= 0.6 is 23.2 Å². The number of hydrogen-bond donors (Lipinski definition) is 2. The number of sulfonamides is 1. The maximum Gasteiger partial charge on any atom is 0.232 e. The lowest BCUT2D eigenvalue weighted by Gasteiger charge is -2.11. The Kier molecular flexibility index (Phi) is 4.91. The molecule has 7 heteroatoms. The van der Waals surface area contributed by atoms with Crippen molar-refractivity contribution in [3.63, 3.8) is 0 Å². The molecular weight excluding hydrogens is 283 g/mol. The van der Waals surface area contributed by atoms with Crippen molar-refractivity contribution in [2.45, 2.75) is 19.8 Å². The molecule has 0 fully saturated rings. The number of nitrogens with one attached hydrogen (secondary N) is 1. The fourth-order valence-corrected chi connectivity index (χ4v) is 3.24. The molecule has 0 amide bonds. The Morgan fingerprint density at radius 2 is 1.82 bits per heavy atom. The highest BCUT2D eigenvalue weighted by atomic mass is 35.5. The molecular formula is C10H14Cl2N2O2S. The molecule has 0 heterocycles. The molecule has 0 bridgehead atoms. The molecule has 1 aromatic carbocycles. The highest BCUT2D eigenvalue weighted by Gasteiger charge is 2.15. The Balaban J connectivity index is 2.96. The SMILES string of the molecule is CCCCS(=O)(=O)Nc1c(Cl)cc(N)cc1Cl. The summed E-state index contributed by atoms with van der Waals surface area (Å²) in [5, 5.41) is 0.380. The van der Waals surface area contributed by atoms with Crippen molar-refractivity contribution >= 4 is 44.6 Å². The van der Waals surface area contributed by atoms with Crippen LogP contribution in [0.4, 0.5) is 11.4 Å². The van der Waals surface area contributed by atoms with E-state index in [1.54, 1.807) is 0 Å². The first-order valence-corrected chi connectivity index (χ1v) is 7.51. The molecule has 0 radical (unpaired) electrons. The molecule has 4 nitrogen and oxygen atoms in total. The number of anilines is 2. The topological polar surface area (TPSA) is 72.2 Å². The summed E-state index contributed by atoms with van der Waals surface area (Å²) < 4.78 is 25.7. The van der Waals surface area contributed by atoms with Crippen LogP contribution in [0.3, 0.4) is 0 Å². The van der Waals surface area contributed by atoms with Gasteiger partial charge >= 0.3 is 0 Å². The second-order valence-electron chi connectivity index (χ2n) is 3.63. The van der Waals surface area contributed by atoms with Gasteiger partial charge in [-0.25, -0.2) is 8.42 Å². The van der Waals surface area contributed by atoms with Crippen molar-refractivity contribution in [2.75, 3.05) is 16.2 Å². The van der Waals surface area contributed by atoms with Gasteiger partial charge in [0.1, 0.15) is 0 Å². The van der Waals surface area contributed by atoms with Crippen molar-refractivity contribution < 1.29 is 8.42 Å². The summed E-state index contributed by atoms with van der Waals surface area (Å²) in [6, 6.07) is 2.90. The average molecular weight is 297 g/mol. The van der Waals surface area contributed by atoms with E-state index in [9.17, 15) is 8.42 Å². The zero-order chi connectivity index (χ0) is 13.1. The molecule has 3 N–H and O–H groups in total. The molecule has 0 saturated heterocycles. The van der Waals surface area contributed by atoms with Gasteiger partial charge in [0.05, 0.1) is 21.5 Å². The zero-order valence-electron chi connectivity index (χ0n) is 9.33. The van der Waals surface area contributed by atoms with Gasteiger partial charge in [-0.1, -0.05) is 36.5 Å². The minimum absolute atomic E-state index is 0.0422. The van der Waals surface area contributed by atoms with Crippen molar-refractivity contribution in [2.24, 2.45) is 0 Å². The first kappa shape index (κ1) is 14.4. The van der Waals surface area contributed by atoms with Crippen LogP contribution in [0.1, 0.15) is 19.8 Å². The van der Waals surface area contributed by atoms with Gasteiger partial charge in [-0.3, -0.25) is 4.72 Å². The van der Waals surface area contributed by atoms with Crippen LogP contribution in [-0.2, 0) is 10.0 Å². The Labute approximate surface area is 111 Å². The Bertz CT molecular complexity index is 480. The number of hydrogen-bond acceptors (Lipinski definition) is 3. The van der Waals surface area contributed by atoms with Crippen LogP contribution in [0.5, 0.6) is 0 Å². The average Bonchev–Trinajstić information content (AvgIpc) is 2.21. The van der Waals surface area contributed by atoms with Crippen molar-refractivity contribution in [1.29, 1.82) is 0 Å². The van der Waals surface area contributed by atoms with Gasteiger partial charge in [0.2, 0.25) is 10.0 Å². The number of rotatable bonds is 5. The number of nitrogen functional groups attached to an aromatic ring is 1. The molecule has 0 unspecified atom stereocenters. The molecule has 0 aromatic heterocycles. The Hall–Kier alpha value is -0.650. The molecule has 0 aliphatic rings. The van der Waals surface area contributed by atoms with Crippen LogP contribution in [0.15, 0.2) is 12.1 Å². The van der Waals surface area contributed by atoms with E-state index in [-0.39, 0.29) is 21.5 Å². The van der Waals surface area contributed by atoms with Gasteiger partial charge in [-0.15, -0.1) is 0 Å². The first-order valence-electron chi connectivity index (χ1n) is 5.10. The minimum Gasteiger partial charge on any atom is -0.399 e. The highest BCUT2D eigenvalue weighted by Crippen LogP contribution is 2.33. The van der Waals surface area contributed by atoms with Crippen LogP contribution in [0, 0.1) is 0 Å². The lowest BCUT2D eigenvalue weighted by Crippen LogP contribution is -2.17. The lowest BCUT2D eigenvalue weighted by atomic mass is 10.3. The van der Waals surface area contributed by atoms with Crippen LogP contribution < -0.4 is 10.5 Å². The summed E-state index contributed by atoms with van der Waals surface area (Å²) in [4.78, 5) is 0. The fraction of sp³-hybridized carbons (Fsp3) is 0.400. The summed E-state index contributed by atoms with van der Waals surface area (Å²) >= 11 is 11.8. The van der Waals surface area contributed by atoms with Crippen LogP contribution in [-0.4, -0.2) is 14.2 Å². The van der Waals surface area contributed by atoms with Gasteiger partial charge in [-0.05, 0) is 18.6 Å². The van der Waals surface area contributed by atoms with Crippen LogP contribution in [0.25, 0.3) is 0 Å². The zero-order valence-corrected chi connectivity index (χ0v) is 11.7. The molecule has 96 valence electrons. The standard InChI is InChI=1S/C10H14Cl2N2O2S/c1-2-3-4-17(15,16)14-10-8(11)5-7(13)6-9(10)12/h5-6,14H,2-4,13H2,1H3. The second-order valence-corrected chi connectivity index (χ2v) is 6.29. The molecule has 17 heavy (non-hydrogen) atoms. The lowest BCUT2D eigenvalue weighted by molar-refractivity contribution is 0.598. The summed E-state index contributed by atoms with van der Waals surface area (Å²) in [5.74, 6) is 0.0422. The quantitative estimate of drug-likeness (QED) is 0.820. The highest BCUT2D eigenvalue weighted by molar-refractivity contribution is 7.92. The fourth-order valence-electron chi connectivity index (χ4n) is 1.23.